The fraction of sp³-hybridized carbons (Fsp3) is 0.619. The number of aliphatic hydroxyl groups excluding tert-OH is 8. The molecule has 1 aliphatic heterocycles. The summed E-state index contributed by atoms with van der Waals surface area (Å²) in [6.45, 7) is -2.16. The Morgan fingerprint density at radius 3 is 2.32 bits per heavy atom. The van der Waals surface area contributed by atoms with Crippen LogP contribution in [0.25, 0.3) is 0 Å². The third kappa shape index (κ3) is 7.48. The van der Waals surface area contributed by atoms with Crippen LogP contribution in [-0.4, -0.2) is 128 Å². The van der Waals surface area contributed by atoms with Crippen molar-refractivity contribution in [3.8, 4) is 0 Å². The minimum atomic E-state index is -1.67. The maximum Gasteiger partial charge on any atom is 0.271 e. The molecule has 13 nitrogen and oxygen atoms in total. The van der Waals surface area contributed by atoms with Gasteiger partial charge >= 0.3 is 0 Å². The van der Waals surface area contributed by atoms with Gasteiger partial charge in [-0.05, 0) is 12.1 Å². The lowest BCUT2D eigenvalue weighted by Gasteiger charge is -2.40. The van der Waals surface area contributed by atoms with Crippen molar-refractivity contribution in [2.45, 2.75) is 48.8 Å². The quantitative estimate of drug-likeness (QED) is 0.102. The summed E-state index contributed by atoms with van der Waals surface area (Å²) in [6.07, 6.45) is -10.9. The predicted molar refractivity (Wildman–Crippen MR) is 116 cm³/mol. The van der Waals surface area contributed by atoms with Crippen LogP contribution in [0.3, 0.4) is 0 Å². The molecule has 0 bridgehead atoms. The fourth-order valence-corrected chi connectivity index (χ4v) is 3.38. The lowest BCUT2D eigenvalue weighted by Crippen LogP contribution is -2.59. The van der Waals surface area contributed by atoms with Gasteiger partial charge in [-0.1, -0.05) is 18.2 Å². The van der Waals surface area contributed by atoms with Gasteiger partial charge in [0.05, 0.1) is 44.9 Å². The van der Waals surface area contributed by atoms with Crippen molar-refractivity contribution in [3.63, 3.8) is 0 Å². The molecule has 1 aromatic carbocycles. The van der Waals surface area contributed by atoms with E-state index in [4.69, 9.17) is 9.47 Å². The lowest BCUT2D eigenvalue weighted by molar-refractivity contribution is -0.240. The monoisotopic (exact) mass is 488 g/mol. The highest BCUT2D eigenvalue weighted by Crippen LogP contribution is 2.22. The summed E-state index contributed by atoms with van der Waals surface area (Å²) >= 11 is 0. The number of hydrogen-bond donors (Lipinski definition) is 9. The number of hydrazone groups is 1. The molecule has 1 heterocycles. The van der Waals surface area contributed by atoms with E-state index in [2.05, 4.69) is 10.5 Å². The molecular weight excluding hydrogens is 456 g/mol. The van der Waals surface area contributed by atoms with Gasteiger partial charge in [0.2, 0.25) is 0 Å². The highest BCUT2D eigenvalue weighted by Gasteiger charge is 2.43. The van der Waals surface area contributed by atoms with E-state index in [1.807, 2.05) is 0 Å². The normalized spacial score (nSPS) is 28.9. The number of carbonyl (C=O) groups excluding carboxylic acids is 1. The Morgan fingerprint density at radius 1 is 1.06 bits per heavy atom. The number of nitrogens with one attached hydrogen (secondary N) is 1. The first kappa shape index (κ1) is 28.2. The Balaban J connectivity index is 1.91. The maximum absolute atomic E-state index is 11.9. The first-order valence-electron chi connectivity index (χ1n) is 10.6. The van der Waals surface area contributed by atoms with Gasteiger partial charge in [-0.3, -0.25) is 4.79 Å². The van der Waals surface area contributed by atoms with E-state index in [9.17, 15) is 45.6 Å². The van der Waals surface area contributed by atoms with Crippen molar-refractivity contribution in [1.82, 2.24) is 5.43 Å². The lowest BCUT2D eigenvalue weighted by atomic mass is 9.93. The molecule has 0 spiro atoms. The molecule has 13 heteroatoms. The summed E-state index contributed by atoms with van der Waals surface area (Å²) in [6, 6.07) is 8.14. The highest BCUT2D eigenvalue weighted by atomic mass is 16.6. The Labute approximate surface area is 195 Å². The fourth-order valence-electron chi connectivity index (χ4n) is 3.38. The Kier molecular flexibility index (Phi) is 11.4. The molecule has 1 amide bonds. The Morgan fingerprint density at radius 2 is 1.71 bits per heavy atom. The van der Waals surface area contributed by atoms with Crippen LogP contribution in [0, 0.1) is 5.92 Å². The minimum absolute atomic E-state index is 0.324. The number of hydrogen-bond acceptors (Lipinski definition) is 12. The van der Waals surface area contributed by atoms with Gasteiger partial charge in [0.25, 0.3) is 5.91 Å². The smallest absolute Gasteiger partial charge is 0.271 e. The zero-order valence-electron chi connectivity index (χ0n) is 18.2. The van der Waals surface area contributed by atoms with Gasteiger partial charge in [-0.2, -0.15) is 5.10 Å². The molecule has 34 heavy (non-hydrogen) atoms. The van der Waals surface area contributed by atoms with Crippen molar-refractivity contribution in [1.29, 1.82) is 0 Å². The summed E-state index contributed by atoms with van der Waals surface area (Å²) in [5.74, 6) is -1.77. The van der Waals surface area contributed by atoms with E-state index in [1.165, 1.54) is 0 Å². The largest absolute Gasteiger partial charge is 0.394 e. The Bertz CT molecular complexity index is 766. The van der Waals surface area contributed by atoms with Crippen LogP contribution in [-0.2, 0) is 9.47 Å². The first-order valence-corrected chi connectivity index (χ1v) is 10.6. The molecule has 9 atom stereocenters. The molecule has 1 aliphatic rings. The minimum Gasteiger partial charge on any atom is -0.394 e. The molecule has 9 N–H and O–H groups in total. The molecule has 0 saturated carbocycles. The number of carbonyl (C=O) groups is 1. The van der Waals surface area contributed by atoms with Gasteiger partial charge < -0.3 is 50.3 Å². The number of benzene rings is 1. The number of rotatable bonds is 12. The van der Waals surface area contributed by atoms with E-state index < -0.39 is 80.5 Å². The number of aliphatic hydroxyl groups is 8. The van der Waals surface area contributed by atoms with Crippen LogP contribution in [0.5, 0.6) is 0 Å². The van der Waals surface area contributed by atoms with E-state index in [0.717, 1.165) is 6.21 Å². The second kappa shape index (κ2) is 13.7. The zero-order chi connectivity index (χ0) is 25.3. The van der Waals surface area contributed by atoms with Crippen molar-refractivity contribution in [2.75, 3.05) is 26.4 Å². The van der Waals surface area contributed by atoms with Gasteiger partial charge in [-0.25, -0.2) is 5.43 Å². The Hall–Kier alpha value is -2.04. The van der Waals surface area contributed by atoms with Crippen LogP contribution >= 0.6 is 0 Å². The van der Waals surface area contributed by atoms with Crippen molar-refractivity contribution < 1.29 is 55.1 Å². The van der Waals surface area contributed by atoms with Crippen LogP contribution in [0.2, 0.25) is 0 Å². The molecular formula is C21H32N2O11. The van der Waals surface area contributed by atoms with Gasteiger partial charge in [0.15, 0.2) is 0 Å². The SMILES string of the molecule is O=C(N/N=C/C(O)C(O)C(COCC1OC(CO)C(O)C(O)C1O)C(O)CO)c1ccccc1. The van der Waals surface area contributed by atoms with Crippen LogP contribution in [0.15, 0.2) is 35.4 Å². The van der Waals surface area contributed by atoms with Crippen LogP contribution < -0.4 is 5.43 Å². The topological polar surface area (TPSA) is 222 Å². The standard InChI is InChI=1S/C21H32N2O11/c24-7-14(27)12(9-33-10-16-19(30)20(31)18(29)15(8-25)34-16)17(28)13(26)6-22-23-21(32)11-4-2-1-3-5-11/h1-6,12-20,24-31H,7-10H2,(H,23,32)/b22-6+. The molecule has 2 rings (SSSR count). The first-order chi connectivity index (χ1) is 16.2. The second-order valence-corrected chi connectivity index (χ2v) is 7.88. The summed E-state index contributed by atoms with van der Waals surface area (Å²) < 4.78 is 10.7. The summed E-state index contributed by atoms with van der Waals surface area (Å²) in [4.78, 5) is 11.9. The number of amides is 1. The molecule has 1 aromatic rings. The molecule has 192 valence electrons. The molecule has 1 saturated heterocycles. The third-order valence-electron chi connectivity index (χ3n) is 5.48. The average molecular weight is 488 g/mol. The van der Waals surface area contributed by atoms with Crippen molar-refractivity contribution >= 4 is 12.1 Å². The molecule has 1 fully saturated rings. The highest BCUT2D eigenvalue weighted by molar-refractivity contribution is 5.94. The van der Waals surface area contributed by atoms with E-state index in [0.29, 0.717) is 5.56 Å². The van der Waals surface area contributed by atoms with Crippen LogP contribution in [0.4, 0.5) is 0 Å². The summed E-state index contributed by atoms with van der Waals surface area (Å²) in [7, 11) is 0. The summed E-state index contributed by atoms with van der Waals surface area (Å²) in [5, 5.41) is 82.4. The van der Waals surface area contributed by atoms with Crippen LogP contribution in [0.1, 0.15) is 10.4 Å². The second-order valence-electron chi connectivity index (χ2n) is 7.88. The number of nitrogens with zero attached hydrogens (tertiary/aromatic N) is 1. The number of ether oxygens (including phenoxy) is 2. The summed E-state index contributed by atoms with van der Waals surface area (Å²) in [5.41, 5.74) is 2.51. The molecule has 0 aromatic heterocycles. The van der Waals surface area contributed by atoms with Crippen molar-refractivity contribution in [2.24, 2.45) is 11.0 Å². The van der Waals surface area contributed by atoms with E-state index in [1.54, 1.807) is 30.3 Å². The third-order valence-corrected chi connectivity index (χ3v) is 5.48. The van der Waals surface area contributed by atoms with Crippen molar-refractivity contribution in [3.05, 3.63) is 35.9 Å². The van der Waals surface area contributed by atoms with E-state index >= 15 is 0 Å². The average Bonchev–Trinajstić information content (AvgIpc) is 2.85. The predicted octanol–water partition coefficient (Wildman–Crippen LogP) is -4.05. The zero-order valence-corrected chi connectivity index (χ0v) is 18.2. The molecule has 0 aliphatic carbocycles. The van der Waals surface area contributed by atoms with Gasteiger partial charge in [-0.15, -0.1) is 0 Å². The molecule has 0 radical (unpaired) electrons. The molecule has 9 unspecified atom stereocenters. The van der Waals surface area contributed by atoms with Gasteiger partial charge in [0, 0.05) is 11.5 Å². The van der Waals surface area contributed by atoms with Gasteiger partial charge in [0.1, 0.15) is 36.6 Å². The maximum atomic E-state index is 11.9. The van der Waals surface area contributed by atoms with E-state index in [-0.39, 0.29) is 6.61 Å².